The van der Waals surface area contributed by atoms with Crippen LogP contribution in [0.5, 0.6) is 0 Å². The molecule has 1 aliphatic carbocycles. The van der Waals surface area contributed by atoms with E-state index in [1.807, 2.05) is 12.1 Å². The smallest absolute Gasteiger partial charge is 0.0991 e. The predicted molar refractivity (Wildman–Crippen MR) is 136 cm³/mol. The molecule has 4 aromatic rings. The van der Waals surface area contributed by atoms with Crippen LogP contribution in [0.4, 0.5) is 0 Å². The number of fused-ring (bicyclic) bond motifs is 1. The number of hydrogen-bond acceptors (Lipinski definition) is 1. The number of allylic oxidation sites excluding steroid dienone is 1. The molecule has 0 saturated heterocycles. The number of nitrogens with zero attached hydrogens (tertiary/aromatic N) is 1. The molecule has 1 aliphatic rings. The largest absolute Gasteiger partial charge is 0.192 e. The maximum atomic E-state index is 9.33. The molecule has 0 spiro atoms. The van der Waals surface area contributed by atoms with E-state index in [2.05, 4.69) is 123 Å². The van der Waals surface area contributed by atoms with E-state index in [9.17, 15) is 5.26 Å². The Hall–Kier alpha value is -3.89. The second-order valence-electron chi connectivity index (χ2n) is 9.43. The fourth-order valence-electron chi connectivity index (χ4n) is 5.42. The zero-order valence-electron chi connectivity index (χ0n) is 19.1. The van der Waals surface area contributed by atoms with Gasteiger partial charge in [0.15, 0.2) is 0 Å². The van der Waals surface area contributed by atoms with Gasteiger partial charge in [0.1, 0.15) is 0 Å². The van der Waals surface area contributed by atoms with Gasteiger partial charge >= 0.3 is 0 Å². The van der Waals surface area contributed by atoms with Gasteiger partial charge in [-0.05, 0) is 50.9 Å². The first kappa shape index (κ1) is 21.0. The minimum Gasteiger partial charge on any atom is -0.192 e. The summed E-state index contributed by atoms with van der Waals surface area (Å²) >= 11 is 0. The zero-order chi connectivity index (χ0) is 22.8. The van der Waals surface area contributed by atoms with Crippen LogP contribution in [-0.4, -0.2) is 0 Å². The maximum absolute atomic E-state index is 9.33. The summed E-state index contributed by atoms with van der Waals surface area (Å²) in [6.07, 6.45) is 2.47. The van der Waals surface area contributed by atoms with Crippen molar-refractivity contribution in [2.45, 2.75) is 25.7 Å². The third-order valence-corrected chi connectivity index (χ3v) is 6.88. The molecule has 160 valence electrons. The van der Waals surface area contributed by atoms with Crippen LogP contribution in [0.25, 0.3) is 5.57 Å². The molecule has 1 nitrogen and oxygen atoms in total. The molecule has 4 aromatic carbocycles. The Morgan fingerprint density at radius 3 is 1.94 bits per heavy atom. The van der Waals surface area contributed by atoms with Gasteiger partial charge in [-0.15, -0.1) is 0 Å². The summed E-state index contributed by atoms with van der Waals surface area (Å²) in [4.78, 5) is 0. The molecule has 0 saturated carbocycles. The van der Waals surface area contributed by atoms with Crippen LogP contribution in [0.15, 0.2) is 115 Å². The molecule has 0 fully saturated rings. The Labute approximate surface area is 196 Å². The lowest BCUT2D eigenvalue weighted by Gasteiger charge is -2.43. The molecule has 0 bridgehead atoms. The van der Waals surface area contributed by atoms with Gasteiger partial charge < -0.3 is 0 Å². The van der Waals surface area contributed by atoms with Crippen LogP contribution in [0.2, 0.25) is 0 Å². The topological polar surface area (TPSA) is 23.8 Å². The van der Waals surface area contributed by atoms with E-state index in [4.69, 9.17) is 0 Å². The van der Waals surface area contributed by atoms with Gasteiger partial charge in [0.25, 0.3) is 0 Å². The normalized spacial score (nSPS) is 17.4. The van der Waals surface area contributed by atoms with Crippen molar-refractivity contribution in [1.82, 2.24) is 0 Å². The molecular weight excluding hydrogens is 398 g/mol. The average Bonchev–Trinajstić information content (AvgIpc) is 2.87. The summed E-state index contributed by atoms with van der Waals surface area (Å²) in [5.74, 6) is 0.417. The van der Waals surface area contributed by atoms with Gasteiger partial charge in [-0.1, -0.05) is 117 Å². The number of hydrogen-bond donors (Lipinski definition) is 0. The molecule has 1 heteroatoms. The second kappa shape index (κ2) is 8.57. The van der Waals surface area contributed by atoms with E-state index in [1.54, 1.807) is 0 Å². The molecule has 33 heavy (non-hydrogen) atoms. The van der Waals surface area contributed by atoms with Crippen molar-refractivity contribution in [3.63, 3.8) is 0 Å². The van der Waals surface area contributed by atoms with E-state index in [1.165, 1.54) is 33.4 Å². The van der Waals surface area contributed by atoms with Crippen molar-refractivity contribution in [3.05, 3.63) is 149 Å². The van der Waals surface area contributed by atoms with Crippen molar-refractivity contribution < 1.29 is 0 Å². The van der Waals surface area contributed by atoms with Gasteiger partial charge in [0.2, 0.25) is 0 Å². The Morgan fingerprint density at radius 2 is 1.27 bits per heavy atom. The Bertz CT molecular complexity index is 1320. The minimum atomic E-state index is -0.0893. The first-order valence-electron chi connectivity index (χ1n) is 11.5. The van der Waals surface area contributed by atoms with Crippen molar-refractivity contribution in [2.75, 3.05) is 0 Å². The molecular formula is C32H27N. The number of nitriles is 1. The molecule has 0 aromatic heterocycles. The highest BCUT2D eigenvalue weighted by atomic mass is 14.4. The molecule has 0 amide bonds. The van der Waals surface area contributed by atoms with Gasteiger partial charge in [-0.25, -0.2) is 0 Å². The van der Waals surface area contributed by atoms with Crippen molar-refractivity contribution in [3.8, 4) is 6.07 Å². The van der Waals surface area contributed by atoms with Crippen LogP contribution in [0, 0.1) is 16.7 Å². The Kier molecular flexibility index (Phi) is 5.45. The van der Waals surface area contributed by atoms with Crippen LogP contribution in [0.3, 0.4) is 0 Å². The summed E-state index contributed by atoms with van der Waals surface area (Å²) < 4.78 is 0. The van der Waals surface area contributed by atoms with Crippen LogP contribution in [0.1, 0.15) is 59.1 Å². The van der Waals surface area contributed by atoms with Gasteiger partial charge in [0, 0.05) is 11.8 Å². The third kappa shape index (κ3) is 3.90. The zero-order valence-corrected chi connectivity index (χ0v) is 19.1. The van der Waals surface area contributed by atoms with E-state index < -0.39 is 0 Å². The minimum absolute atomic E-state index is 0.0893. The fourth-order valence-corrected chi connectivity index (χ4v) is 5.42. The molecule has 1 unspecified atom stereocenters. The number of rotatable bonds is 4. The lowest BCUT2D eigenvalue weighted by atomic mass is 9.60. The van der Waals surface area contributed by atoms with Crippen LogP contribution in [-0.2, 0) is 0 Å². The second-order valence-corrected chi connectivity index (χ2v) is 9.43. The molecule has 0 heterocycles. The fraction of sp³-hybridized carbons (Fsp3) is 0.156. The van der Waals surface area contributed by atoms with Crippen LogP contribution < -0.4 is 0 Å². The lowest BCUT2D eigenvalue weighted by Crippen LogP contribution is -2.31. The van der Waals surface area contributed by atoms with Crippen molar-refractivity contribution >= 4 is 5.57 Å². The van der Waals surface area contributed by atoms with Crippen molar-refractivity contribution in [1.29, 1.82) is 5.26 Å². The van der Waals surface area contributed by atoms with Gasteiger partial charge in [0.05, 0.1) is 11.6 Å². The Morgan fingerprint density at radius 1 is 0.697 bits per heavy atom. The summed E-state index contributed by atoms with van der Waals surface area (Å²) in [7, 11) is 0. The lowest BCUT2D eigenvalue weighted by molar-refractivity contribution is 0.338. The molecule has 0 N–H and O–H groups in total. The summed E-state index contributed by atoms with van der Waals surface area (Å²) in [5.41, 5.74) is 8.39. The van der Waals surface area contributed by atoms with E-state index in [0.717, 1.165) is 0 Å². The highest BCUT2D eigenvalue weighted by molar-refractivity contribution is 5.84. The Balaban J connectivity index is 1.73. The number of benzene rings is 4. The van der Waals surface area contributed by atoms with E-state index in [0.29, 0.717) is 5.56 Å². The molecule has 5 rings (SSSR count). The summed E-state index contributed by atoms with van der Waals surface area (Å²) in [6, 6.07) is 40.8. The standard InChI is InChI=1S/C32H27N/c1-32(2)21-29(24-11-5-3-6-12-24)27-15-9-10-16-28(27)31(32)30(25-13-7-4-8-14-25)26-19-17-23(22-33)18-20-26/h3-21,30-31H,1-2H3/t30-,31?/m0/s1. The SMILES string of the molecule is CC1(C)C=C(c2ccccc2)c2ccccc2C1[C@@H](c1ccccc1)c1ccc(C#N)cc1. The summed E-state index contributed by atoms with van der Waals surface area (Å²) in [6.45, 7) is 4.71. The quantitative estimate of drug-likeness (QED) is 0.325. The monoisotopic (exact) mass is 425 g/mol. The molecule has 0 radical (unpaired) electrons. The van der Waals surface area contributed by atoms with Gasteiger partial charge in [-0.3, -0.25) is 0 Å². The van der Waals surface area contributed by atoms with Gasteiger partial charge in [-0.2, -0.15) is 5.26 Å². The molecule has 0 aliphatic heterocycles. The maximum Gasteiger partial charge on any atom is 0.0991 e. The predicted octanol–water partition coefficient (Wildman–Crippen LogP) is 7.95. The van der Waals surface area contributed by atoms with E-state index >= 15 is 0 Å². The highest BCUT2D eigenvalue weighted by Gasteiger charge is 2.41. The highest BCUT2D eigenvalue weighted by Crippen LogP contribution is 2.55. The van der Waals surface area contributed by atoms with Crippen LogP contribution >= 0.6 is 0 Å². The van der Waals surface area contributed by atoms with E-state index in [-0.39, 0.29) is 17.3 Å². The third-order valence-electron chi connectivity index (χ3n) is 6.88. The average molecular weight is 426 g/mol. The first-order valence-corrected chi connectivity index (χ1v) is 11.5. The first-order chi connectivity index (χ1) is 16.1. The molecule has 2 atom stereocenters. The van der Waals surface area contributed by atoms with Crippen molar-refractivity contribution in [2.24, 2.45) is 5.41 Å². The summed E-state index contributed by atoms with van der Waals surface area (Å²) in [5, 5.41) is 9.33.